The standard InChI is InChI=1S/C14H13N3O/c18-10-16-12-5-6-13(17-8-1-2-9-17)14-11(12)4-3-7-15-14/h3-7H,1-2,8-9H2. The minimum atomic E-state index is 0.635. The summed E-state index contributed by atoms with van der Waals surface area (Å²) >= 11 is 0. The van der Waals surface area contributed by atoms with Gasteiger partial charge in [0, 0.05) is 24.7 Å². The number of nitrogens with zero attached hydrogens (tertiary/aromatic N) is 3. The van der Waals surface area contributed by atoms with Crippen molar-refractivity contribution >= 4 is 28.4 Å². The van der Waals surface area contributed by atoms with E-state index in [9.17, 15) is 4.79 Å². The molecule has 1 aromatic carbocycles. The minimum absolute atomic E-state index is 0.635. The first-order valence-corrected chi connectivity index (χ1v) is 6.11. The third kappa shape index (κ3) is 1.77. The Morgan fingerprint density at radius 1 is 1.22 bits per heavy atom. The zero-order valence-corrected chi connectivity index (χ0v) is 9.97. The molecule has 0 bridgehead atoms. The molecule has 18 heavy (non-hydrogen) atoms. The van der Waals surface area contributed by atoms with Crippen LogP contribution in [0.5, 0.6) is 0 Å². The Morgan fingerprint density at radius 2 is 2.06 bits per heavy atom. The number of rotatable bonds is 2. The lowest BCUT2D eigenvalue weighted by atomic mass is 10.1. The molecule has 0 radical (unpaired) electrons. The SMILES string of the molecule is O=C=Nc1ccc(N2CCCC2)c2ncccc12. The first kappa shape index (κ1) is 10.9. The van der Waals surface area contributed by atoms with Crippen molar-refractivity contribution < 1.29 is 4.79 Å². The van der Waals surface area contributed by atoms with Gasteiger partial charge in [-0.1, -0.05) is 0 Å². The van der Waals surface area contributed by atoms with E-state index in [2.05, 4.69) is 14.9 Å². The van der Waals surface area contributed by atoms with Crippen molar-refractivity contribution in [2.24, 2.45) is 4.99 Å². The van der Waals surface area contributed by atoms with E-state index in [1.165, 1.54) is 12.8 Å². The van der Waals surface area contributed by atoms with Gasteiger partial charge < -0.3 is 4.90 Å². The van der Waals surface area contributed by atoms with Crippen molar-refractivity contribution in [2.45, 2.75) is 12.8 Å². The Balaban J connectivity index is 2.22. The smallest absolute Gasteiger partial charge is 0.240 e. The van der Waals surface area contributed by atoms with Gasteiger partial charge >= 0.3 is 0 Å². The summed E-state index contributed by atoms with van der Waals surface area (Å²) in [5.74, 6) is 0. The summed E-state index contributed by atoms with van der Waals surface area (Å²) in [7, 11) is 0. The van der Waals surface area contributed by atoms with Crippen LogP contribution in [-0.2, 0) is 4.79 Å². The second-order valence-corrected chi connectivity index (χ2v) is 4.40. The maximum absolute atomic E-state index is 10.4. The van der Waals surface area contributed by atoms with Gasteiger partial charge in [-0.3, -0.25) is 4.98 Å². The topological polar surface area (TPSA) is 45.6 Å². The van der Waals surface area contributed by atoms with Crippen LogP contribution in [0.15, 0.2) is 35.5 Å². The van der Waals surface area contributed by atoms with Crippen molar-refractivity contribution in [1.82, 2.24) is 4.98 Å². The van der Waals surface area contributed by atoms with Crippen molar-refractivity contribution in [3.8, 4) is 0 Å². The molecule has 4 heteroatoms. The molecule has 3 rings (SSSR count). The van der Waals surface area contributed by atoms with E-state index in [4.69, 9.17) is 0 Å². The fraction of sp³-hybridized carbons (Fsp3) is 0.286. The highest BCUT2D eigenvalue weighted by Gasteiger charge is 2.16. The van der Waals surface area contributed by atoms with Crippen molar-refractivity contribution in [2.75, 3.05) is 18.0 Å². The predicted molar refractivity (Wildman–Crippen MR) is 71.0 cm³/mol. The van der Waals surface area contributed by atoms with Crippen LogP contribution in [0, 0.1) is 0 Å². The van der Waals surface area contributed by atoms with Crippen molar-refractivity contribution in [3.63, 3.8) is 0 Å². The summed E-state index contributed by atoms with van der Waals surface area (Å²) in [5.41, 5.74) is 2.68. The Bertz CT molecular complexity index is 626. The Hall–Kier alpha value is -2.19. The molecule has 0 amide bonds. The minimum Gasteiger partial charge on any atom is -0.370 e. The van der Waals surface area contributed by atoms with Crippen LogP contribution in [0.3, 0.4) is 0 Å². The summed E-state index contributed by atoms with van der Waals surface area (Å²) in [6, 6.07) is 7.66. The highest BCUT2D eigenvalue weighted by atomic mass is 16.1. The van der Waals surface area contributed by atoms with Crippen LogP contribution >= 0.6 is 0 Å². The molecule has 0 spiro atoms. The monoisotopic (exact) mass is 239 g/mol. The molecular weight excluding hydrogens is 226 g/mol. The fourth-order valence-electron chi connectivity index (χ4n) is 2.50. The molecule has 1 saturated heterocycles. The van der Waals surface area contributed by atoms with E-state index in [1.54, 1.807) is 12.3 Å². The zero-order chi connectivity index (χ0) is 12.4. The quantitative estimate of drug-likeness (QED) is 0.598. The van der Waals surface area contributed by atoms with E-state index in [0.717, 1.165) is 29.7 Å². The lowest BCUT2D eigenvalue weighted by molar-refractivity contribution is 0.565. The van der Waals surface area contributed by atoms with Gasteiger partial charge in [0.25, 0.3) is 0 Å². The second-order valence-electron chi connectivity index (χ2n) is 4.40. The highest BCUT2D eigenvalue weighted by Crippen LogP contribution is 2.33. The third-order valence-electron chi connectivity index (χ3n) is 3.34. The highest BCUT2D eigenvalue weighted by molar-refractivity contribution is 5.98. The van der Waals surface area contributed by atoms with Gasteiger partial charge in [0.1, 0.15) is 0 Å². The number of benzene rings is 1. The lowest BCUT2D eigenvalue weighted by Crippen LogP contribution is -2.18. The van der Waals surface area contributed by atoms with Crippen LogP contribution in [-0.4, -0.2) is 24.2 Å². The van der Waals surface area contributed by atoms with Gasteiger partial charge in [-0.2, -0.15) is 4.99 Å². The van der Waals surface area contributed by atoms with Gasteiger partial charge in [-0.25, -0.2) is 4.79 Å². The second kappa shape index (κ2) is 4.59. The van der Waals surface area contributed by atoms with Crippen LogP contribution in [0.1, 0.15) is 12.8 Å². The molecule has 0 atom stereocenters. The Labute approximate surface area is 105 Å². The van der Waals surface area contributed by atoms with E-state index in [-0.39, 0.29) is 0 Å². The number of hydrogen-bond acceptors (Lipinski definition) is 4. The number of hydrogen-bond donors (Lipinski definition) is 0. The molecule has 1 aromatic heterocycles. The molecule has 1 aliphatic rings. The molecule has 4 nitrogen and oxygen atoms in total. The number of anilines is 1. The summed E-state index contributed by atoms with van der Waals surface area (Å²) < 4.78 is 0. The maximum Gasteiger partial charge on any atom is 0.240 e. The van der Waals surface area contributed by atoms with E-state index in [0.29, 0.717) is 5.69 Å². The van der Waals surface area contributed by atoms with Gasteiger partial charge in [0.15, 0.2) is 0 Å². The molecule has 1 aliphatic heterocycles. The molecule has 0 aliphatic carbocycles. The van der Waals surface area contributed by atoms with Gasteiger partial charge in [0.05, 0.1) is 16.9 Å². The third-order valence-corrected chi connectivity index (χ3v) is 3.34. The first-order chi connectivity index (χ1) is 8.90. The number of aliphatic imine (C=N–C) groups is 1. The molecular formula is C14H13N3O. The van der Waals surface area contributed by atoms with E-state index in [1.807, 2.05) is 24.3 Å². The molecule has 2 aromatic rings. The van der Waals surface area contributed by atoms with Crippen molar-refractivity contribution in [3.05, 3.63) is 30.5 Å². The number of isocyanates is 1. The molecule has 0 unspecified atom stereocenters. The molecule has 1 fully saturated rings. The Kier molecular flexibility index (Phi) is 2.79. The van der Waals surface area contributed by atoms with Crippen LogP contribution in [0.4, 0.5) is 11.4 Å². The number of pyridine rings is 1. The molecule has 0 saturated carbocycles. The van der Waals surface area contributed by atoms with Crippen LogP contribution in [0.2, 0.25) is 0 Å². The van der Waals surface area contributed by atoms with Gasteiger partial charge in [-0.15, -0.1) is 0 Å². The van der Waals surface area contributed by atoms with Crippen molar-refractivity contribution in [1.29, 1.82) is 0 Å². The largest absolute Gasteiger partial charge is 0.370 e. The fourth-order valence-corrected chi connectivity index (χ4v) is 2.50. The molecule has 2 heterocycles. The summed E-state index contributed by atoms with van der Waals surface area (Å²) in [5, 5.41) is 0.908. The average molecular weight is 239 g/mol. The summed E-state index contributed by atoms with van der Waals surface area (Å²) in [6.45, 7) is 2.14. The number of fused-ring (bicyclic) bond motifs is 1. The van der Waals surface area contributed by atoms with Gasteiger partial charge in [-0.05, 0) is 37.1 Å². The van der Waals surface area contributed by atoms with Crippen LogP contribution in [0.25, 0.3) is 10.9 Å². The summed E-state index contributed by atoms with van der Waals surface area (Å²) in [6.07, 6.45) is 5.82. The lowest BCUT2D eigenvalue weighted by Gasteiger charge is -2.19. The van der Waals surface area contributed by atoms with E-state index >= 15 is 0 Å². The van der Waals surface area contributed by atoms with E-state index < -0.39 is 0 Å². The first-order valence-electron chi connectivity index (χ1n) is 6.11. The predicted octanol–water partition coefficient (Wildman–Crippen LogP) is 2.80. The summed E-state index contributed by atoms with van der Waals surface area (Å²) in [4.78, 5) is 20.9. The zero-order valence-electron chi connectivity index (χ0n) is 9.97. The Morgan fingerprint density at radius 3 is 2.83 bits per heavy atom. The molecule has 0 N–H and O–H groups in total. The number of aromatic nitrogens is 1. The molecule has 90 valence electrons. The maximum atomic E-state index is 10.4. The van der Waals surface area contributed by atoms with Crippen LogP contribution < -0.4 is 4.90 Å². The van der Waals surface area contributed by atoms with Gasteiger partial charge in [0.2, 0.25) is 6.08 Å². The normalized spacial score (nSPS) is 14.8. The average Bonchev–Trinajstić information content (AvgIpc) is 2.93. The number of carbonyl (C=O) groups excluding carboxylic acids is 1.